The quantitative estimate of drug-likeness (QED) is 0.839. The number of likely N-dealkylation sites (tertiary alicyclic amines) is 1. The topological polar surface area (TPSA) is 70.2 Å². The smallest absolute Gasteiger partial charge is 0.241 e. The second-order valence-corrected chi connectivity index (χ2v) is 5.44. The van der Waals surface area contributed by atoms with Crippen LogP contribution < -0.4 is 10.6 Å². The van der Waals surface area contributed by atoms with Crippen LogP contribution in [0, 0.1) is 6.92 Å². The summed E-state index contributed by atoms with van der Waals surface area (Å²) in [4.78, 5) is 22.8. The first-order valence-electron chi connectivity index (χ1n) is 7.80. The monoisotopic (exact) mass is 291 g/mol. The number of piperidine rings is 1. The van der Waals surface area contributed by atoms with Gasteiger partial charge in [-0.15, -0.1) is 0 Å². The molecule has 0 bridgehead atoms. The standard InChI is InChI=1S/C15H25N5O/c1-3-7-16-15-18-12(2)10-13(19-15)17-11-14(21)20-8-5-4-6-9-20/h10H,3-9,11H2,1-2H3,(H2,16,17,18,19). The Labute approximate surface area is 126 Å². The van der Waals surface area contributed by atoms with Crippen LogP contribution in [0.1, 0.15) is 38.3 Å². The molecule has 0 spiro atoms. The van der Waals surface area contributed by atoms with E-state index in [0.29, 0.717) is 18.3 Å². The third-order valence-corrected chi connectivity index (χ3v) is 3.52. The molecule has 1 aliphatic heterocycles. The normalized spacial score (nSPS) is 14.9. The predicted molar refractivity (Wildman–Crippen MR) is 84.5 cm³/mol. The Balaban J connectivity index is 1.89. The highest BCUT2D eigenvalue weighted by atomic mass is 16.2. The van der Waals surface area contributed by atoms with E-state index in [0.717, 1.165) is 44.6 Å². The van der Waals surface area contributed by atoms with Crippen molar-refractivity contribution in [2.24, 2.45) is 0 Å². The maximum absolute atomic E-state index is 12.1. The Morgan fingerprint density at radius 2 is 2.00 bits per heavy atom. The van der Waals surface area contributed by atoms with Gasteiger partial charge in [-0.3, -0.25) is 4.79 Å². The molecule has 0 radical (unpaired) electrons. The first-order chi connectivity index (χ1) is 10.2. The van der Waals surface area contributed by atoms with Gasteiger partial charge in [0.25, 0.3) is 0 Å². The molecule has 6 heteroatoms. The van der Waals surface area contributed by atoms with Crippen molar-refractivity contribution >= 4 is 17.7 Å². The summed E-state index contributed by atoms with van der Waals surface area (Å²) < 4.78 is 0. The van der Waals surface area contributed by atoms with Crippen LogP contribution in [0.3, 0.4) is 0 Å². The minimum Gasteiger partial charge on any atom is -0.361 e. The molecule has 0 aliphatic carbocycles. The molecule has 2 rings (SSSR count). The third kappa shape index (κ3) is 4.88. The SMILES string of the molecule is CCCNc1nc(C)cc(NCC(=O)N2CCCCC2)n1. The minimum atomic E-state index is 0.147. The molecule has 1 aliphatic rings. The average Bonchev–Trinajstić information content (AvgIpc) is 2.51. The molecule has 1 amide bonds. The lowest BCUT2D eigenvalue weighted by molar-refractivity contribution is -0.130. The van der Waals surface area contributed by atoms with Crippen molar-refractivity contribution in [3.05, 3.63) is 11.8 Å². The highest BCUT2D eigenvalue weighted by Gasteiger charge is 2.16. The fourth-order valence-electron chi connectivity index (χ4n) is 2.40. The third-order valence-electron chi connectivity index (χ3n) is 3.52. The molecule has 2 heterocycles. The van der Waals surface area contributed by atoms with Crippen LogP contribution >= 0.6 is 0 Å². The molecule has 21 heavy (non-hydrogen) atoms. The van der Waals surface area contributed by atoms with E-state index in [9.17, 15) is 4.79 Å². The van der Waals surface area contributed by atoms with Gasteiger partial charge >= 0.3 is 0 Å². The number of aromatic nitrogens is 2. The molecule has 1 aromatic heterocycles. The summed E-state index contributed by atoms with van der Waals surface area (Å²) in [7, 11) is 0. The Hall–Kier alpha value is -1.85. The number of nitrogens with zero attached hydrogens (tertiary/aromatic N) is 3. The van der Waals surface area contributed by atoms with E-state index in [1.54, 1.807) is 0 Å². The summed E-state index contributed by atoms with van der Waals surface area (Å²) in [5, 5.41) is 6.29. The van der Waals surface area contributed by atoms with Crippen molar-refractivity contribution in [1.29, 1.82) is 0 Å². The van der Waals surface area contributed by atoms with Crippen LogP contribution in [0.4, 0.5) is 11.8 Å². The van der Waals surface area contributed by atoms with Crippen LogP contribution in [-0.4, -0.2) is 47.0 Å². The zero-order chi connectivity index (χ0) is 15.1. The zero-order valence-corrected chi connectivity index (χ0v) is 13.0. The van der Waals surface area contributed by atoms with Crippen molar-refractivity contribution in [3.63, 3.8) is 0 Å². The van der Waals surface area contributed by atoms with E-state index in [2.05, 4.69) is 27.5 Å². The summed E-state index contributed by atoms with van der Waals surface area (Å²) in [6.07, 6.45) is 4.48. The molecule has 2 N–H and O–H groups in total. The lowest BCUT2D eigenvalue weighted by Crippen LogP contribution is -2.39. The minimum absolute atomic E-state index is 0.147. The lowest BCUT2D eigenvalue weighted by Gasteiger charge is -2.26. The summed E-state index contributed by atoms with van der Waals surface area (Å²) in [6, 6.07) is 1.86. The average molecular weight is 291 g/mol. The van der Waals surface area contributed by atoms with Gasteiger partial charge in [0, 0.05) is 31.4 Å². The summed E-state index contributed by atoms with van der Waals surface area (Å²) in [5.74, 6) is 1.46. The number of anilines is 2. The fraction of sp³-hybridized carbons (Fsp3) is 0.667. The number of aryl methyl sites for hydroxylation is 1. The highest BCUT2D eigenvalue weighted by Crippen LogP contribution is 2.11. The van der Waals surface area contributed by atoms with E-state index in [-0.39, 0.29) is 5.91 Å². The van der Waals surface area contributed by atoms with Crippen LogP contribution in [0.5, 0.6) is 0 Å². The molecule has 116 valence electrons. The maximum Gasteiger partial charge on any atom is 0.241 e. The van der Waals surface area contributed by atoms with Crippen LogP contribution in [0.2, 0.25) is 0 Å². The lowest BCUT2D eigenvalue weighted by atomic mass is 10.1. The van der Waals surface area contributed by atoms with Crippen molar-refractivity contribution in [3.8, 4) is 0 Å². The van der Waals surface area contributed by atoms with Crippen molar-refractivity contribution in [2.45, 2.75) is 39.5 Å². The number of carbonyl (C=O) groups is 1. The predicted octanol–water partition coefficient (Wildman–Crippen LogP) is 2.03. The van der Waals surface area contributed by atoms with Crippen molar-refractivity contribution in [1.82, 2.24) is 14.9 Å². The molecular weight excluding hydrogens is 266 g/mol. The van der Waals surface area contributed by atoms with Gasteiger partial charge < -0.3 is 15.5 Å². The number of hydrogen-bond donors (Lipinski definition) is 2. The Morgan fingerprint density at radius 1 is 1.24 bits per heavy atom. The van der Waals surface area contributed by atoms with Gasteiger partial charge in [-0.2, -0.15) is 4.98 Å². The molecule has 1 saturated heterocycles. The van der Waals surface area contributed by atoms with Gasteiger partial charge in [-0.25, -0.2) is 4.98 Å². The van der Waals surface area contributed by atoms with E-state index >= 15 is 0 Å². The number of amides is 1. The van der Waals surface area contributed by atoms with Crippen LogP contribution in [0.25, 0.3) is 0 Å². The van der Waals surface area contributed by atoms with Gasteiger partial charge in [0.05, 0.1) is 6.54 Å². The molecule has 0 unspecified atom stereocenters. The Kier molecular flexibility index (Phi) is 5.78. The fourth-order valence-corrected chi connectivity index (χ4v) is 2.40. The van der Waals surface area contributed by atoms with Crippen molar-refractivity contribution in [2.75, 3.05) is 36.8 Å². The van der Waals surface area contributed by atoms with Gasteiger partial charge in [-0.05, 0) is 32.6 Å². The summed E-state index contributed by atoms with van der Waals surface area (Å²) >= 11 is 0. The molecule has 1 fully saturated rings. The van der Waals surface area contributed by atoms with Crippen LogP contribution in [-0.2, 0) is 4.79 Å². The number of rotatable bonds is 6. The van der Waals surface area contributed by atoms with Gasteiger partial charge in [0.15, 0.2) is 0 Å². The zero-order valence-electron chi connectivity index (χ0n) is 13.0. The number of carbonyl (C=O) groups excluding carboxylic acids is 1. The maximum atomic E-state index is 12.1. The molecule has 0 aromatic carbocycles. The van der Waals surface area contributed by atoms with E-state index in [4.69, 9.17) is 0 Å². The van der Waals surface area contributed by atoms with E-state index in [1.165, 1.54) is 6.42 Å². The number of nitrogens with one attached hydrogen (secondary N) is 2. The van der Waals surface area contributed by atoms with Crippen LogP contribution in [0.15, 0.2) is 6.07 Å². The first-order valence-corrected chi connectivity index (χ1v) is 7.80. The molecule has 0 atom stereocenters. The molecule has 0 saturated carbocycles. The first kappa shape index (κ1) is 15.5. The van der Waals surface area contributed by atoms with Gasteiger partial charge in [0.1, 0.15) is 5.82 Å². The molecule has 1 aromatic rings. The van der Waals surface area contributed by atoms with E-state index < -0.39 is 0 Å². The molecular formula is C15H25N5O. The van der Waals surface area contributed by atoms with Crippen molar-refractivity contribution < 1.29 is 4.79 Å². The van der Waals surface area contributed by atoms with Gasteiger partial charge in [-0.1, -0.05) is 6.92 Å². The van der Waals surface area contributed by atoms with E-state index in [1.807, 2.05) is 17.9 Å². The highest BCUT2D eigenvalue weighted by molar-refractivity contribution is 5.80. The molecule has 6 nitrogen and oxygen atoms in total. The Bertz CT molecular complexity index is 471. The Morgan fingerprint density at radius 3 is 2.71 bits per heavy atom. The second kappa shape index (κ2) is 7.81. The second-order valence-electron chi connectivity index (χ2n) is 5.44. The summed E-state index contributed by atoms with van der Waals surface area (Å²) in [6.45, 7) is 6.92. The summed E-state index contributed by atoms with van der Waals surface area (Å²) in [5.41, 5.74) is 0.886. The number of hydrogen-bond acceptors (Lipinski definition) is 5. The van der Waals surface area contributed by atoms with Gasteiger partial charge in [0.2, 0.25) is 11.9 Å². The largest absolute Gasteiger partial charge is 0.361 e.